The first-order valence-electron chi connectivity index (χ1n) is 12.4. The lowest BCUT2D eigenvalue weighted by Crippen LogP contribution is -2.35. The standard InChI is InChI=1S/C30H26O9/c31-17-4-1-14(2-5-17)30-28(37)27(19-7-6-18(32)12-26(19)39-30)20-9-16-11-24(36)29(38-25(16)13-22(20)34)15-3-8-21(33)23(35)10-15/h1-10,12-13,24,27-37H,11H2/t24-,27-,28-,29+,30+/m0/s1. The van der Waals surface area contributed by atoms with E-state index in [9.17, 15) is 35.7 Å². The van der Waals surface area contributed by atoms with E-state index < -0.39 is 30.3 Å². The van der Waals surface area contributed by atoms with Crippen LogP contribution in [0.2, 0.25) is 0 Å². The highest BCUT2D eigenvalue weighted by molar-refractivity contribution is 5.56. The van der Waals surface area contributed by atoms with E-state index in [1.54, 1.807) is 24.3 Å². The van der Waals surface area contributed by atoms with Gasteiger partial charge in [0.05, 0.1) is 6.10 Å². The molecule has 0 amide bonds. The third kappa shape index (κ3) is 4.31. The molecular weight excluding hydrogens is 504 g/mol. The fraction of sp³-hybridized carbons (Fsp3) is 0.200. The third-order valence-corrected chi connectivity index (χ3v) is 7.36. The van der Waals surface area contributed by atoms with E-state index in [-0.39, 0.29) is 35.2 Å². The molecule has 4 aromatic carbocycles. The highest BCUT2D eigenvalue weighted by atomic mass is 16.5. The molecule has 0 fully saturated rings. The molecule has 0 saturated carbocycles. The van der Waals surface area contributed by atoms with Gasteiger partial charge in [-0.25, -0.2) is 0 Å². The van der Waals surface area contributed by atoms with Gasteiger partial charge in [-0.3, -0.25) is 0 Å². The van der Waals surface area contributed by atoms with Gasteiger partial charge in [-0.1, -0.05) is 24.3 Å². The average Bonchev–Trinajstić information content (AvgIpc) is 2.90. The number of fused-ring (bicyclic) bond motifs is 2. The molecule has 4 aromatic rings. The monoisotopic (exact) mass is 530 g/mol. The zero-order valence-corrected chi connectivity index (χ0v) is 20.5. The molecule has 9 heteroatoms. The maximum Gasteiger partial charge on any atom is 0.157 e. The molecule has 0 bridgehead atoms. The number of hydrogen-bond donors (Lipinski definition) is 7. The molecule has 5 atom stereocenters. The quantitative estimate of drug-likeness (QED) is 0.195. The molecule has 0 aliphatic carbocycles. The van der Waals surface area contributed by atoms with Crippen molar-refractivity contribution >= 4 is 0 Å². The van der Waals surface area contributed by atoms with Gasteiger partial charge in [-0.2, -0.15) is 0 Å². The summed E-state index contributed by atoms with van der Waals surface area (Å²) in [5.74, 6) is -0.828. The van der Waals surface area contributed by atoms with E-state index in [2.05, 4.69) is 0 Å². The van der Waals surface area contributed by atoms with Crippen molar-refractivity contribution in [2.24, 2.45) is 0 Å². The van der Waals surface area contributed by atoms with Crippen LogP contribution in [0.4, 0.5) is 0 Å². The zero-order chi connectivity index (χ0) is 27.4. The predicted octanol–water partition coefficient (Wildman–Crippen LogP) is 3.88. The van der Waals surface area contributed by atoms with Crippen molar-refractivity contribution in [2.45, 2.75) is 36.8 Å². The van der Waals surface area contributed by atoms with E-state index in [1.165, 1.54) is 48.5 Å². The molecule has 2 aliphatic heterocycles. The van der Waals surface area contributed by atoms with E-state index in [4.69, 9.17) is 9.47 Å². The minimum atomic E-state index is -1.15. The van der Waals surface area contributed by atoms with Gasteiger partial charge in [0.2, 0.25) is 0 Å². The molecule has 7 N–H and O–H groups in total. The van der Waals surface area contributed by atoms with Gasteiger partial charge in [-0.05, 0) is 53.1 Å². The van der Waals surface area contributed by atoms with Crippen molar-refractivity contribution in [3.05, 3.63) is 101 Å². The summed E-state index contributed by atoms with van der Waals surface area (Å²) in [6.07, 6.45) is -3.69. The summed E-state index contributed by atoms with van der Waals surface area (Å²) >= 11 is 0. The first-order chi connectivity index (χ1) is 18.7. The Morgan fingerprint density at radius 3 is 2.00 bits per heavy atom. The maximum absolute atomic E-state index is 11.6. The molecule has 0 aromatic heterocycles. The summed E-state index contributed by atoms with van der Waals surface area (Å²) in [5, 5.41) is 72.9. The van der Waals surface area contributed by atoms with Crippen molar-refractivity contribution in [2.75, 3.05) is 0 Å². The normalized spacial score (nSPS) is 23.7. The van der Waals surface area contributed by atoms with Gasteiger partial charge in [0.15, 0.2) is 17.6 Å². The molecular formula is C30H26O9. The lowest BCUT2D eigenvalue weighted by Gasteiger charge is -2.38. The topological polar surface area (TPSA) is 160 Å². The lowest BCUT2D eigenvalue weighted by molar-refractivity contribution is 0.00739. The van der Waals surface area contributed by atoms with Crippen molar-refractivity contribution in [3.63, 3.8) is 0 Å². The van der Waals surface area contributed by atoms with Crippen molar-refractivity contribution < 1.29 is 45.2 Å². The third-order valence-electron chi connectivity index (χ3n) is 7.36. The number of phenols is 5. The van der Waals surface area contributed by atoms with E-state index >= 15 is 0 Å². The number of aliphatic hydroxyl groups is 2. The Labute approximate surface area is 223 Å². The molecule has 0 spiro atoms. The number of aromatic hydroxyl groups is 5. The smallest absolute Gasteiger partial charge is 0.157 e. The van der Waals surface area contributed by atoms with Crippen LogP contribution in [0.15, 0.2) is 72.8 Å². The van der Waals surface area contributed by atoms with Crippen LogP contribution in [0.1, 0.15) is 45.9 Å². The molecule has 2 heterocycles. The first kappa shape index (κ1) is 24.7. The SMILES string of the molecule is Oc1ccc([C@H]2Oc3cc(O)ccc3[C@@H](c3cc4c(cc3O)O[C@H](c3ccc(O)c(O)c3)[C@@H](O)C4)[C@@H]2O)cc1. The largest absolute Gasteiger partial charge is 0.508 e. The minimum Gasteiger partial charge on any atom is -0.508 e. The van der Waals surface area contributed by atoms with E-state index in [0.29, 0.717) is 39.3 Å². The summed E-state index contributed by atoms with van der Waals surface area (Å²) in [6.45, 7) is 0. The molecule has 6 rings (SSSR count). The Bertz CT molecular complexity index is 1550. The number of phenolic OH excluding ortho intramolecular Hbond substituents is 5. The predicted molar refractivity (Wildman–Crippen MR) is 138 cm³/mol. The van der Waals surface area contributed by atoms with Crippen molar-refractivity contribution in [1.29, 1.82) is 0 Å². The minimum absolute atomic E-state index is 0.0224. The number of hydrogen-bond acceptors (Lipinski definition) is 9. The molecule has 39 heavy (non-hydrogen) atoms. The Morgan fingerprint density at radius 2 is 1.26 bits per heavy atom. The number of rotatable bonds is 3. The van der Waals surface area contributed by atoms with Gasteiger partial charge in [0, 0.05) is 35.6 Å². The fourth-order valence-electron chi connectivity index (χ4n) is 5.43. The summed E-state index contributed by atoms with van der Waals surface area (Å²) in [4.78, 5) is 0. The van der Waals surface area contributed by atoms with Crippen LogP contribution in [-0.4, -0.2) is 48.0 Å². The van der Waals surface area contributed by atoms with Crippen LogP contribution in [0.5, 0.6) is 40.2 Å². The van der Waals surface area contributed by atoms with Gasteiger partial charge in [-0.15, -0.1) is 0 Å². The Hall–Kier alpha value is -4.60. The summed E-state index contributed by atoms with van der Waals surface area (Å²) in [5.41, 5.74) is 2.60. The number of benzene rings is 4. The first-order valence-corrected chi connectivity index (χ1v) is 12.4. The molecule has 0 radical (unpaired) electrons. The van der Waals surface area contributed by atoms with Gasteiger partial charge >= 0.3 is 0 Å². The lowest BCUT2D eigenvalue weighted by atomic mass is 9.78. The van der Waals surface area contributed by atoms with Crippen molar-refractivity contribution in [1.82, 2.24) is 0 Å². The number of ether oxygens (including phenoxy) is 2. The van der Waals surface area contributed by atoms with Crippen LogP contribution >= 0.6 is 0 Å². The fourth-order valence-corrected chi connectivity index (χ4v) is 5.43. The molecule has 0 unspecified atom stereocenters. The Kier molecular flexibility index (Phi) is 5.90. The highest BCUT2D eigenvalue weighted by Gasteiger charge is 2.41. The summed E-state index contributed by atoms with van der Waals surface area (Å²) in [7, 11) is 0. The van der Waals surface area contributed by atoms with Crippen molar-refractivity contribution in [3.8, 4) is 40.2 Å². The Balaban J connectivity index is 1.40. The van der Waals surface area contributed by atoms with Crippen LogP contribution < -0.4 is 9.47 Å². The molecule has 200 valence electrons. The second-order valence-electron chi connectivity index (χ2n) is 9.90. The summed E-state index contributed by atoms with van der Waals surface area (Å²) in [6, 6.07) is 18.1. The van der Waals surface area contributed by atoms with Crippen LogP contribution in [-0.2, 0) is 6.42 Å². The second-order valence-corrected chi connectivity index (χ2v) is 9.90. The molecule has 2 aliphatic rings. The van der Waals surface area contributed by atoms with Crippen LogP contribution in [0.25, 0.3) is 0 Å². The van der Waals surface area contributed by atoms with Gasteiger partial charge < -0.3 is 45.2 Å². The van der Waals surface area contributed by atoms with E-state index in [1.807, 2.05) is 0 Å². The number of aliphatic hydroxyl groups excluding tert-OH is 2. The maximum atomic E-state index is 11.6. The molecule has 0 saturated heterocycles. The van der Waals surface area contributed by atoms with Crippen LogP contribution in [0, 0.1) is 0 Å². The Morgan fingerprint density at radius 1 is 0.564 bits per heavy atom. The average molecular weight is 531 g/mol. The zero-order valence-electron chi connectivity index (χ0n) is 20.5. The van der Waals surface area contributed by atoms with Gasteiger partial charge in [0.25, 0.3) is 0 Å². The van der Waals surface area contributed by atoms with Gasteiger partial charge in [0.1, 0.15) is 41.0 Å². The summed E-state index contributed by atoms with van der Waals surface area (Å²) < 4.78 is 12.1. The van der Waals surface area contributed by atoms with Crippen LogP contribution in [0.3, 0.4) is 0 Å². The highest BCUT2D eigenvalue weighted by Crippen LogP contribution is 2.50. The second kappa shape index (κ2) is 9.30. The van der Waals surface area contributed by atoms with E-state index in [0.717, 1.165) is 0 Å². The molecule has 9 nitrogen and oxygen atoms in total.